The maximum Gasteiger partial charge on any atom is 0.0462 e. The minimum Gasteiger partial charge on any atom is -0.377 e. The molecular formula is C20H20N2. The van der Waals surface area contributed by atoms with E-state index in [1.165, 1.54) is 43.7 Å². The fourth-order valence-electron chi connectivity index (χ4n) is 3.53. The van der Waals surface area contributed by atoms with Gasteiger partial charge in [-0.05, 0) is 22.2 Å². The van der Waals surface area contributed by atoms with Crippen LogP contribution in [0.3, 0.4) is 0 Å². The molecule has 0 atom stereocenters. The van der Waals surface area contributed by atoms with Crippen LogP contribution in [0.2, 0.25) is 0 Å². The lowest BCUT2D eigenvalue weighted by molar-refractivity contribution is 1.12. The maximum absolute atomic E-state index is 2.29. The Labute approximate surface area is 130 Å². The van der Waals surface area contributed by atoms with Gasteiger partial charge in [0.2, 0.25) is 0 Å². The van der Waals surface area contributed by atoms with Crippen LogP contribution in [0.5, 0.6) is 0 Å². The topological polar surface area (TPSA) is 6.48 Å². The van der Waals surface area contributed by atoms with Crippen LogP contribution in [0.15, 0.2) is 48.5 Å². The number of rotatable bonds is 2. The summed E-state index contributed by atoms with van der Waals surface area (Å²) in [5.41, 5.74) is 2.55. The van der Waals surface area contributed by atoms with Gasteiger partial charge in [-0.25, -0.2) is 0 Å². The third kappa shape index (κ3) is 1.67. The predicted octanol–water partition coefficient (Wildman–Crippen LogP) is 4.72. The summed E-state index contributed by atoms with van der Waals surface area (Å²) in [6.45, 7) is 0. The SMILES string of the molecule is CN(C)c1cc(N(C)C)c2ccc3cccc4ccc1c2c43. The lowest BCUT2D eigenvalue weighted by Crippen LogP contribution is -2.13. The van der Waals surface area contributed by atoms with Crippen molar-refractivity contribution in [2.75, 3.05) is 38.0 Å². The van der Waals surface area contributed by atoms with E-state index in [-0.39, 0.29) is 0 Å². The van der Waals surface area contributed by atoms with Gasteiger partial charge in [0.1, 0.15) is 0 Å². The first-order valence-corrected chi connectivity index (χ1v) is 7.63. The molecule has 0 bridgehead atoms. The molecule has 0 radical (unpaired) electrons. The molecule has 0 aliphatic rings. The Morgan fingerprint density at radius 1 is 0.591 bits per heavy atom. The molecule has 22 heavy (non-hydrogen) atoms. The number of hydrogen-bond donors (Lipinski definition) is 0. The van der Waals surface area contributed by atoms with Crippen LogP contribution in [0.1, 0.15) is 0 Å². The molecule has 0 aromatic heterocycles. The molecule has 2 heteroatoms. The number of anilines is 2. The largest absolute Gasteiger partial charge is 0.377 e. The van der Waals surface area contributed by atoms with Gasteiger partial charge in [-0.15, -0.1) is 0 Å². The van der Waals surface area contributed by atoms with Crippen molar-refractivity contribution in [2.24, 2.45) is 0 Å². The Balaban J connectivity index is 2.33. The maximum atomic E-state index is 2.29. The normalized spacial score (nSPS) is 11.6. The van der Waals surface area contributed by atoms with Gasteiger partial charge >= 0.3 is 0 Å². The second-order valence-corrected chi connectivity index (χ2v) is 6.38. The predicted molar refractivity (Wildman–Crippen MR) is 98.8 cm³/mol. The van der Waals surface area contributed by atoms with Crippen molar-refractivity contribution in [1.82, 2.24) is 0 Å². The van der Waals surface area contributed by atoms with Gasteiger partial charge in [0.05, 0.1) is 0 Å². The van der Waals surface area contributed by atoms with Gasteiger partial charge in [0.25, 0.3) is 0 Å². The molecule has 0 fully saturated rings. The number of nitrogens with zero attached hydrogens (tertiary/aromatic N) is 2. The van der Waals surface area contributed by atoms with E-state index in [0.717, 1.165) is 0 Å². The highest BCUT2D eigenvalue weighted by Gasteiger charge is 2.15. The monoisotopic (exact) mass is 288 g/mol. The van der Waals surface area contributed by atoms with E-state index in [4.69, 9.17) is 0 Å². The molecule has 0 amide bonds. The number of benzene rings is 4. The fraction of sp³-hybridized carbons (Fsp3) is 0.200. The van der Waals surface area contributed by atoms with Gasteiger partial charge < -0.3 is 9.80 Å². The molecule has 0 saturated carbocycles. The summed E-state index contributed by atoms with van der Waals surface area (Å²) in [7, 11) is 8.47. The first kappa shape index (κ1) is 13.2. The second kappa shape index (κ2) is 4.51. The van der Waals surface area contributed by atoms with E-state index in [9.17, 15) is 0 Å². The summed E-state index contributed by atoms with van der Waals surface area (Å²) in [5.74, 6) is 0. The third-order valence-corrected chi connectivity index (χ3v) is 4.57. The zero-order chi connectivity index (χ0) is 15.4. The Morgan fingerprint density at radius 3 is 1.55 bits per heavy atom. The van der Waals surface area contributed by atoms with Crippen molar-refractivity contribution in [3.63, 3.8) is 0 Å². The highest BCUT2D eigenvalue weighted by atomic mass is 15.1. The second-order valence-electron chi connectivity index (χ2n) is 6.38. The van der Waals surface area contributed by atoms with E-state index in [0.29, 0.717) is 0 Å². The van der Waals surface area contributed by atoms with Crippen LogP contribution in [0, 0.1) is 0 Å². The summed E-state index contributed by atoms with van der Waals surface area (Å²) in [4.78, 5) is 4.41. The first-order chi connectivity index (χ1) is 10.6. The van der Waals surface area contributed by atoms with Gasteiger partial charge in [-0.1, -0.05) is 42.5 Å². The molecule has 110 valence electrons. The summed E-state index contributed by atoms with van der Waals surface area (Å²) < 4.78 is 0. The Morgan fingerprint density at radius 2 is 1.09 bits per heavy atom. The molecule has 0 heterocycles. The van der Waals surface area contributed by atoms with Crippen molar-refractivity contribution in [1.29, 1.82) is 0 Å². The van der Waals surface area contributed by atoms with Crippen LogP contribution in [0.25, 0.3) is 32.3 Å². The molecule has 0 aliphatic carbocycles. The van der Waals surface area contributed by atoms with Gasteiger partial charge in [0, 0.05) is 55.7 Å². The zero-order valence-corrected chi connectivity index (χ0v) is 13.5. The lowest BCUT2D eigenvalue weighted by Gasteiger charge is -2.24. The molecule has 4 aromatic carbocycles. The van der Waals surface area contributed by atoms with Crippen molar-refractivity contribution >= 4 is 43.7 Å². The van der Waals surface area contributed by atoms with E-state index in [1.807, 2.05) is 0 Å². The number of hydrogen-bond acceptors (Lipinski definition) is 2. The minimum absolute atomic E-state index is 1.27. The standard InChI is InChI=1S/C20H20N2/c1-21(2)17-12-18(22(3)4)16-11-9-14-7-5-6-13-8-10-15(17)20(16)19(13)14/h5-12H,1-4H3. The Kier molecular flexibility index (Phi) is 2.70. The summed E-state index contributed by atoms with van der Waals surface area (Å²) in [5, 5.41) is 8.05. The van der Waals surface area contributed by atoms with Crippen molar-refractivity contribution in [3.05, 3.63) is 48.5 Å². The molecule has 4 aromatic rings. The van der Waals surface area contributed by atoms with Crippen molar-refractivity contribution in [2.45, 2.75) is 0 Å². The van der Waals surface area contributed by atoms with E-state index in [2.05, 4.69) is 86.5 Å². The lowest BCUT2D eigenvalue weighted by atomic mass is 9.92. The molecule has 4 rings (SSSR count). The molecule has 0 aliphatic heterocycles. The smallest absolute Gasteiger partial charge is 0.0462 e. The van der Waals surface area contributed by atoms with Crippen LogP contribution >= 0.6 is 0 Å². The quantitative estimate of drug-likeness (QED) is 0.493. The molecule has 0 spiro atoms. The van der Waals surface area contributed by atoms with E-state index in [1.54, 1.807) is 0 Å². The zero-order valence-electron chi connectivity index (χ0n) is 13.5. The van der Waals surface area contributed by atoms with Crippen molar-refractivity contribution in [3.8, 4) is 0 Å². The molecule has 0 unspecified atom stereocenters. The average Bonchev–Trinajstić information content (AvgIpc) is 2.51. The summed E-state index contributed by atoms with van der Waals surface area (Å²) >= 11 is 0. The Bertz CT molecular complexity index is 910. The van der Waals surface area contributed by atoms with E-state index < -0.39 is 0 Å². The third-order valence-electron chi connectivity index (χ3n) is 4.57. The van der Waals surface area contributed by atoms with Crippen LogP contribution < -0.4 is 9.80 Å². The van der Waals surface area contributed by atoms with Crippen LogP contribution in [0.4, 0.5) is 11.4 Å². The molecule has 2 nitrogen and oxygen atoms in total. The Hall–Kier alpha value is -2.48. The van der Waals surface area contributed by atoms with E-state index >= 15 is 0 Å². The van der Waals surface area contributed by atoms with Crippen LogP contribution in [-0.4, -0.2) is 28.2 Å². The average molecular weight is 288 g/mol. The van der Waals surface area contributed by atoms with Gasteiger partial charge in [0.15, 0.2) is 0 Å². The minimum atomic E-state index is 1.27. The summed E-state index contributed by atoms with van der Waals surface area (Å²) in [6.07, 6.45) is 0. The van der Waals surface area contributed by atoms with Crippen molar-refractivity contribution < 1.29 is 0 Å². The molecular weight excluding hydrogens is 268 g/mol. The first-order valence-electron chi connectivity index (χ1n) is 7.63. The highest BCUT2D eigenvalue weighted by molar-refractivity contribution is 6.27. The van der Waals surface area contributed by atoms with Crippen LogP contribution in [-0.2, 0) is 0 Å². The molecule has 0 saturated heterocycles. The fourth-order valence-corrected chi connectivity index (χ4v) is 3.53. The van der Waals surface area contributed by atoms with Gasteiger partial charge in [-0.3, -0.25) is 0 Å². The van der Waals surface area contributed by atoms with Gasteiger partial charge in [-0.2, -0.15) is 0 Å². The highest BCUT2D eigenvalue weighted by Crippen LogP contribution is 2.42. The molecule has 0 N–H and O–H groups in total. The summed E-state index contributed by atoms with van der Waals surface area (Å²) in [6, 6.07) is 17.9.